The number of rotatable bonds is 2. The molecule has 81 valence electrons. The van der Waals surface area contributed by atoms with Crippen LogP contribution in [0.1, 0.15) is 51.9 Å². The number of hydrogen-bond acceptors (Lipinski definition) is 1. The average molecular weight is 230 g/mol. The molecule has 1 saturated carbocycles. The molecule has 13 heavy (non-hydrogen) atoms. The van der Waals surface area contributed by atoms with Crippen molar-refractivity contribution in [3.05, 3.63) is 0 Å². The van der Waals surface area contributed by atoms with Crippen LogP contribution < -0.4 is 0 Å². The van der Waals surface area contributed by atoms with E-state index in [1.54, 1.807) is 0 Å². The van der Waals surface area contributed by atoms with Crippen LogP contribution in [0.25, 0.3) is 0 Å². The Morgan fingerprint density at radius 2 is 1.92 bits per heavy atom. The van der Waals surface area contributed by atoms with E-state index in [1.807, 2.05) is 6.92 Å². The molecule has 0 aliphatic heterocycles. The van der Waals surface area contributed by atoms with Crippen LogP contribution in [0.4, 0.5) is 0 Å². The van der Waals surface area contributed by atoms with E-state index in [4.69, 9.17) is 20.6 Å². The first-order valence-corrected chi connectivity index (χ1v) is 5.56. The van der Waals surface area contributed by atoms with Gasteiger partial charge in [0, 0.05) is 6.42 Å². The van der Waals surface area contributed by atoms with Crippen molar-refractivity contribution in [2.45, 2.75) is 56.8 Å². The molecule has 0 aromatic heterocycles. The molecule has 1 aliphatic carbocycles. The molecule has 0 heterocycles. The summed E-state index contributed by atoms with van der Waals surface area (Å²) in [6.07, 6.45) is 7.88. The van der Waals surface area contributed by atoms with Crippen LogP contribution in [0.3, 0.4) is 0 Å². The van der Waals surface area contributed by atoms with E-state index >= 15 is 0 Å². The van der Waals surface area contributed by atoms with Gasteiger partial charge in [0.2, 0.25) is 0 Å². The Morgan fingerprint density at radius 1 is 1.38 bits per heavy atom. The van der Waals surface area contributed by atoms with E-state index < -0.39 is 5.97 Å². The minimum atomic E-state index is -0.711. The molecule has 0 spiro atoms. The summed E-state index contributed by atoms with van der Waals surface area (Å²) in [6.45, 7) is 1.84. The Balaban J connectivity index is 0.000000226. The summed E-state index contributed by atoms with van der Waals surface area (Å²) in [7, 11) is 0. The molecule has 0 amide bonds. The third kappa shape index (κ3) is 9.88. The SMILES string of the molecule is CCCC(=O)O.[Ni][CH]1CCCCC1. The van der Waals surface area contributed by atoms with Crippen molar-refractivity contribution < 1.29 is 25.4 Å². The molecule has 0 aromatic rings. The first-order valence-electron chi connectivity index (χ1n) is 4.99. The van der Waals surface area contributed by atoms with Gasteiger partial charge in [-0.3, -0.25) is 4.79 Å². The van der Waals surface area contributed by atoms with Gasteiger partial charge in [-0.05, 0) is 6.42 Å². The van der Waals surface area contributed by atoms with Crippen LogP contribution in [0.2, 0.25) is 4.89 Å². The minimum absolute atomic E-state index is 0.292. The first-order chi connectivity index (χ1) is 6.16. The molecule has 1 rings (SSSR count). The van der Waals surface area contributed by atoms with Crippen LogP contribution in [0.5, 0.6) is 0 Å². The van der Waals surface area contributed by atoms with Gasteiger partial charge >= 0.3 is 58.4 Å². The summed E-state index contributed by atoms with van der Waals surface area (Å²) in [6, 6.07) is 0. The Labute approximate surface area is 88.5 Å². The van der Waals surface area contributed by atoms with Crippen LogP contribution in [0, 0.1) is 0 Å². The fourth-order valence-corrected chi connectivity index (χ4v) is 1.64. The van der Waals surface area contributed by atoms with E-state index in [0.717, 1.165) is 6.42 Å². The van der Waals surface area contributed by atoms with Gasteiger partial charge in [-0.15, -0.1) is 0 Å². The maximum atomic E-state index is 9.60. The zero-order valence-electron chi connectivity index (χ0n) is 8.20. The van der Waals surface area contributed by atoms with Crippen molar-refractivity contribution in [3.63, 3.8) is 0 Å². The monoisotopic (exact) mass is 229 g/mol. The predicted molar refractivity (Wildman–Crippen MR) is 49.4 cm³/mol. The van der Waals surface area contributed by atoms with Gasteiger partial charge in [0.15, 0.2) is 0 Å². The van der Waals surface area contributed by atoms with Gasteiger partial charge in [-0.1, -0.05) is 6.92 Å². The normalized spacial score (nSPS) is 17.5. The summed E-state index contributed by atoms with van der Waals surface area (Å²) in [5.74, 6) is -0.711. The molecule has 1 aliphatic rings. The van der Waals surface area contributed by atoms with E-state index in [-0.39, 0.29) is 0 Å². The van der Waals surface area contributed by atoms with Gasteiger partial charge in [0.25, 0.3) is 0 Å². The van der Waals surface area contributed by atoms with Crippen LogP contribution in [0.15, 0.2) is 0 Å². The van der Waals surface area contributed by atoms with E-state index in [9.17, 15) is 4.79 Å². The average Bonchev–Trinajstić information content (AvgIpc) is 2.06. The summed E-state index contributed by atoms with van der Waals surface area (Å²) in [5, 5.41) is 7.91. The number of aliphatic carboxylic acids is 1. The third-order valence-corrected chi connectivity index (χ3v) is 2.53. The topological polar surface area (TPSA) is 37.3 Å². The third-order valence-electron chi connectivity index (χ3n) is 1.96. The quantitative estimate of drug-likeness (QED) is 0.739. The fourth-order valence-electron chi connectivity index (χ4n) is 1.24. The number of hydrogen-bond donors (Lipinski definition) is 1. The summed E-state index contributed by atoms with van der Waals surface area (Å²) in [5.41, 5.74) is 0. The van der Waals surface area contributed by atoms with Gasteiger partial charge in [-0.25, -0.2) is 0 Å². The molecule has 3 heteroatoms. The van der Waals surface area contributed by atoms with Crippen LogP contribution in [-0.4, -0.2) is 11.1 Å². The molecule has 1 fully saturated rings. The first kappa shape index (κ1) is 13.0. The second-order valence-electron chi connectivity index (χ2n) is 3.33. The Hall–Kier alpha value is -0.0365. The molecule has 0 radical (unpaired) electrons. The van der Waals surface area contributed by atoms with E-state index in [0.29, 0.717) is 11.3 Å². The van der Waals surface area contributed by atoms with E-state index in [2.05, 4.69) is 0 Å². The Morgan fingerprint density at radius 3 is 2.08 bits per heavy atom. The Kier molecular flexibility index (Phi) is 8.53. The molecule has 1 N–H and O–H groups in total. The molecule has 0 atom stereocenters. The zero-order valence-corrected chi connectivity index (χ0v) is 9.19. The number of carbonyl (C=O) groups is 1. The molecule has 0 unspecified atom stereocenters. The number of carboxylic acids is 1. The van der Waals surface area contributed by atoms with Crippen molar-refractivity contribution in [1.82, 2.24) is 0 Å². The summed E-state index contributed by atoms with van der Waals surface area (Å²) in [4.78, 5) is 10.3. The fraction of sp³-hybridized carbons (Fsp3) is 0.900. The zero-order chi connectivity index (χ0) is 10.1. The van der Waals surface area contributed by atoms with Crippen molar-refractivity contribution in [2.75, 3.05) is 0 Å². The second-order valence-corrected chi connectivity index (χ2v) is 4.14. The molecular weight excluding hydrogens is 211 g/mol. The molecule has 2 nitrogen and oxygen atoms in total. The molecule has 0 aromatic carbocycles. The van der Waals surface area contributed by atoms with Crippen molar-refractivity contribution >= 4 is 5.97 Å². The van der Waals surface area contributed by atoms with Gasteiger partial charge in [0.05, 0.1) is 0 Å². The summed E-state index contributed by atoms with van der Waals surface area (Å²) >= 11 is 4.82. The molecular formula is C10H19NiO2. The second kappa shape index (κ2) is 8.56. The summed E-state index contributed by atoms with van der Waals surface area (Å²) < 4.78 is 0. The van der Waals surface area contributed by atoms with E-state index in [1.165, 1.54) is 32.1 Å². The Bertz CT molecular complexity index is 131. The molecule has 0 bridgehead atoms. The predicted octanol–water partition coefficient (Wildman–Crippen LogP) is 3.16. The van der Waals surface area contributed by atoms with Crippen molar-refractivity contribution in [3.8, 4) is 0 Å². The van der Waals surface area contributed by atoms with Crippen LogP contribution in [-0.2, 0) is 20.3 Å². The van der Waals surface area contributed by atoms with Crippen molar-refractivity contribution in [1.29, 1.82) is 0 Å². The number of carboxylic acid groups (broad SMARTS) is 1. The molecule has 0 saturated heterocycles. The van der Waals surface area contributed by atoms with Gasteiger partial charge in [-0.2, -0.15) is 0 Å². The van der Waals surface area contributed by atoms with Crippen molar-refractivity contribution in [2.24, 2.45) is 0 Å². The van der Waals surface area contributed by atoms with Gasteiger partial charge < -0.3 is 5.11 Å². The maximum absolute atomic E-state index is 9.60. The standard InChI is InChI=1S/C6H11.C4H8O2.Ni/c1-2-4-6-5-3-1;1-2-3-4(5)6;/h1H,2-6H2;2-3H2,1H3,(H,5,6);. The van der Waals surface area contributed by atoms with Gasteiger partial charge in [0.1, 0.15) is 0 Å². The van der Waals surface area contributed by atoms with Crippen LogP contribution >= 0.6 is 0 Å².